The second kappa shape index (κ2) is 6.34. The molecule has 0 bridgehead atoms. The monoisotopic (exact) mass is 320 g/mol. The second-order valence-corrected chi connectivity index (χ2v) is 6.84. The van der Waals surface area contributed by atoms with Gasteiger partial charge in [-0.1, -0.05) is 31.8 Å². The van der Waals surface area contributed by atoms with Crippen molar-refractivity contribution in [2.24, 2.45) is 5.92 Å². The first kappa shape index (κ1) is 16.0. The summed E-state index contributed by atoms with van der Waals surface area (Å²) in [5.74, 6) is -0.566. The van der Waals surface area contributed by atoms with Crippen molar-refractivity contribution in [3.63, 3.8) is 0 Å². The van der Waals surface area contributed by atoms with Crippen LogP contribution in [0.4, 0.5) is 0 Å². The third-order valence-corrected chi connectivity index (χ3v) is 5.46. The molecule has 1 N–H and O–H groups in total. The maximum Gasteiger partial charge on any atom is 0.326 e. The number of likely N-dealkylation sites (tertiary alicyclic amines) is 1. The van der Waals surface area contributed by atoms with Gasteiger partial charge in [0.2, 0.25) is 5.76 Å². The topological polar surface area (TPSA) is 83.6 Å². The molecule has 4 atom stereocenters. The standard InChI is InChI=1S/C17H24N2O4/c1-3-10(2)12-9-15(23-18-12)16(20)19-13-7-5-4-6-11(13)8-14(19)17(21)22/h9-11,13-14H,3-8H2,1-2H3,(H,21,22)/t10-,11-,13+,14-/m0/s1. The van der Waals surface area contributed by atoms with Gasteiger partial charge in [0.25, 0.3) is 5.91 Å². The molecule has 1 saturated carbocycles. The highest BCUT2D eigenvalue weighted by Crippen LogP contribution is 2.40. The van der Waals surface area contributed by atoms with Crippen LogP contribution in [0, 0.1) is 5.92 Å². The number of carboxylic acid groups (broad SMARTS) is 1. The van der Waals surface area contributed by atoms with Crippen LogP contribution in [0.2, 0.25) is 0 Å². The summed E-state index contributed by atoms with van der Waals surface area (Å²) in [5.41, 5.74) is 0.752. The molecule has 126 valence electrons. The van der Waals surface area contributed by atoms with Crippen molar-refractivity contribution in [1.29, 1.82) is 0 Å². The van der Waals surface area contributed by atoms with E-state index in [1.54, 1.807) is 11.0 Å². The zero-order valence-electron chi connectivity index (χ0n) is 13.7. The smallest absolute Gasteiger partial charge is 0.326 e. The van der Waals surface area contributed by atoms with Crippen molar-refractivity contribution in [2.45, 2.75) is 70.4 Å². The lowest BCUT2D eigenvalue weighted by Crippen LogP contribution is -2.46. The van der Waals surface area contributed by atoms with Crippen LogP contribution in [0.1, 0.15) is 74.5 Å². The van der Waals surface area contributed by atoms with Gasteiger partial charge >= 0.3 is 5.97 Å². The Balaban J connectivity index is 1.86. The average Bonchev–Trinajstić information content (AvgIpc) is 3.18. The molecule has 0 radical (unpaired) electrons. The Morgan fingerprint density at radius 3 is 2.87 bits per heavy atom. The van der Waals surface area contributed by atoms with Gasteiger partial charge in [0, 0.05) is 18.0 Å². The molecule has 2 heterocycles. The van der Waals surface area contributed by atoms with Gasteiger partial charge in [-0.05, 0) is 31.6 Å². The van der Waals surface area contributed by atoms with Crippen molar-refractivity contribution >= 4 is 11.9 Å². The number of fused-ring (bicyclic) bond motifs is 1. The molecule has 23 heavy (non-hydrogen) atoms. The molecule has 6 nitrogen and oxygen atoms in total. The lowest BCUT2D eigenvalue weighted by Gasteiger charge is -2.32. The summed E-state index contributed by atoms with van der Waals surface area (Å²) in [5, 5.41) is 13.5. The van der Waals surface area contributed by atoms with E-state index in [1.165, 1.54) is 0 Å². The molecule has 1 aromatic rings. The molecule has 0 aromatic carbocycles. The Kier molecular flexibility index (Phi) is 4.41. The summed E-state index contributed by atoms with van der Waals surface area (Å²) in [4.78, 5) is 26.0. The van der Waals surface area contributed by atoms with Crippen LogP contribution in [-0.2, 0) is 4.79 Å². The van der Waals surface area contributed by atoms with Crippen LogP contribution in [0.5, 0.6) is 0 Å². The molecule has 0 unspecified atom stereocenters. The Morgan fingerprint density at radius 1 is 1.43 bits per heavy atom. The van der Waals surface area contributed by atoms with E-state index < -0.39 is 12.0 Å². The summed E-state index contributed by atoms with van der Waals surface area (Å²) in [6, 6.07) is 0.952. The Morgan fingerprint density at radius 2 is 2.17 bits per heavy atom. The highest BCUT2D eigenvalue weighted by molar-refractivity contribution is 5.95. The Hall–Kier alpha value is -1.85. The SMILES string of the molecule is CC[C@H](C)c1cc(C(=O)N2[C@@H]3CCCC[C@H]3C[C@H]2C(=O)O)on1. The number of aromatic nitrogens is 1. The third kappa shape index (κ3) is 2.86. The van der Waals surface area contributed by atoms with Gasteiger partial charge in [-0.25, -0.2) is 4.79 Å². The highest BCUT2D eigenvalue weighted by Gasteiger charge is 2.48. The summed E-state index contributed by atoms with van der Waals surface area (Å²) in [6.45, 7) is 4.08. The fourth-order valence-corrected chi connectivity index (χ4v) is 3.93. The van der Waals surface area contributed by atoms with Crippen LogP contribution in [0.3, 0.4) is 0 Å². The van der Waals surface area contributed by atoms with Crippen LogP contribution in [0.15, 0.2) is 10.6 Å². The number of hydrogen-bond acceptors (Lipinski definition) is 4. The van der Waals surface area contributed by atoms with Crippen molar-refractivity contribution in [2.75, 3.05) is 0 Å². The summed E-state index contributed by atoms with van der Waals surface area (Å²) >= 11 is 0. The number of hydrogen-bond donors (Lipinski definition) is 1. The second-order valence-electron chi connectivity index (χ2n) is 6.84. The molecular weight excluding hydrogens is 296 g/mol. The summed E-state index contributed by atoms with van der Waals surface area (Å²) in [6.07, 6.45) is 5.52. The van der Waals surface area contributed by atoms with Gasteiger partial charge in [-0.3, -0.25) is 4.79 Å². The van der Waals surface area contributed by atoms with E-state index in [1.807, 2.05) is 13.8 Å². The average molecular weight is 320 g/mol. The first-order valence-electron chi connectivity index (χ1n) is 8.55. The van der Waals surface area contributed by atoms with E-state index in [9.17, 15) is 14.7 Å². The molecule has 2 fully saturated rings. The highest BCUT2D eigenvalue weighted by atomic mass is 16.5. The normalized spacial score (nSPS) is 28.4. The maximum absolute atomic E-state index is 12.9. The number of aliphatic carboxylic acids is 1. The van der Waals surface area contributed by atoms with Crippen LogP contribution in [0.25, 0.3) is 0 Å². The van der Waals surface area contributed by atoms with Crippen LogP contribution < -0.4 is 0 Å². The minimum absolute atomic E-state index is 0.0227. The van der Waals surface area contributed by atoms with Gasteiger partial charge in [0.15, 0.2) is 0 Å². The van der Waals surface area contributed by atoms with Gasteiger partial charge in [0.1, 0.15) is 6.04 Å². The van der Waals surface area contributed by atoms with E-state index >= 15 is 0 Å². The van der Waals surface area contributed by atoms with Gasteiger partial charge in [0.05, 0.1) is 5.69 Å². The molecular formula is C17H24N2O4. The lowest BCUT2D eigenvalue weighted by atomic mass is 9.84. The minimum Gasteiger partial charge on any atom is -0.480 e. The number of carbonyl (C=O) groups excluding carboxylic acids is 1. The number of nitrogens with zero attached hydrogens (tertiary/aromatic N) is 2. The van der Waals surface area contributed by atoms with Crippen LogP contribution in [-0.4, -0.2) is 39.1 Å². The third-order valence-electron chi connectivity index (χ3n) is 5.46. The quantitative estimate of drug-likeness (QED) is 0.922. The van der Waals surface area contributed by atoms with Crippen LogP contribution >= 0.6 is 0 Å². The van der Waals surface area contributed by atoms with E-state index in [0.717, 1.165) is 37.8 Å². The predicted octanol–water partition coefficient (Wildman–Crippen LogP) is 3.05. The molecule has 2 aliphatic rings. The number of carboxylic acids is 1. The fourth-order valence-electron chi connectivity index (χ4n) is 3.93. The van der Waals surface area contributed by atoms with Gasteiger partial charge in [-0.15, -0.1) is 0 Å². The molecule has 0 spiro atoms. The molecule has 3 rings (SSSR count). The minimum atomic E-state index is -0.922. The lowest BCUT2D eigenvalue weighted by molar-refractivity contribution is -0.141. The fraction of sp³-hybridized carbons (Fsp3) is 0.706. The van der Waals surface area contributed by atoms with E-state index in [4.69, 9.17) is 4.52 Å². The maximum atomic E-state index is 12.9. The Labute approximate surface area is 135 Å². The summed E-state index contributed by atoms with van der Waals surface area (Å²) in [7, 11) is 0. The molecule has 1 saturated heterocycles. The van der Waals surface area contributed by atoms with Crippen molar-refractivity contribution < 1.29 is 19.2 Å². The van der Waals surface area contributed by atoms with E-state index in [-0.39, 0.29) is 23.6 Å². The van der Waals surface area contributed by atoms with Crippen molar-refractivity contribution in [3.05, 3.63) is 17.5 Å². The predicted molar refractivity (Wildman–Crippen MR) is 83.2 cm³/mol. The van der Waals surface area contributed by atoms with E-state index in [0.29, 0.717) is 12.3 Å². The summed E-state index contributed by atoms with van der Waals surface area (Å²) < 4.78 is 5.24. The van der Waals surface area contributed by atoms with Gasteiger partial charge in [-0.2, -0.15) is 0 Å². The zero-order chi connectivity index (χ0) is 16.6. The zero-order valence-corrected chi connectivity index (χ0v) is 13.7. The number of rotatable bonds is 4. The number of amides is 1. The van der Waals surface area contributed by atoms with Crippen molar-refractivity contribution in [1.82, 2.24) is 10.1 Å². The molecule has 1 aliphatic carbocycles. The molecule has 1 aromatic heterocycles. The van der Waals surface area contributed by atoms with E-state index in [2.05, 4.69) is 5.16 Å². The Bertz CT molecular complexity index is 597. The first-order chi connectivity index (χ1) is 11.0. The van der Waals surface area contributed by atoms with Gasteiger partial charge < -0.3 is 14.5 Å². The largest absolute Gasteiger partial charge is 0.480 e. The molecule has 1 aliphatic heterocycles. The first-order valence-corrected chi connectivity index (χ1v) is 8.55. The van der Waals surface area contributed by atoms with Crippen molar-refractivity contribution in [3.8, 4) is 0 Å². The molecule has 1 amide bonds. The number of carbonyl (C=O) groups is 2. The molecule has 6 heteroatoms.